The third-order valence-corrected chi connectivity index (χ3v) is 7.25. The number of hydrogen-bond acceptors (Lipinski definition) is 3. The Bertz CT molecular complexity index is 1460. The largest absolute Gasteiger partial charge is 0.489 e. The molecule has 0 saturated heterocycles. The molecule has 200 valence electrons. The van der Waals surface area contributed by atoms with E-state index in [0.29, 0.717) is 42.0 Å². The molecule has 4 aromatic rings. The normalized spacial score (nSPS) is 12.5. The van der Waals surface area contributed by atoms with E-state index in [-0.39, 0.29) is 17.3 Å². The van der Waals surface area contributed by atoms with Crippen LogP contribution in [0.3, 0.4) is 0 Å². The maximum Gasteiger partial charge on any atom is 0.407 e. The van der Waals surface area contributed by atoms with Gasteiger partial charge in [-0.3, -0.25) is 4.68 Å². The van der Waals surface area contributed by atoms with E-state index in [0.717, 1.165) is 20.9 Å². The van der Waals surface area contributed by atoms with Gasteiger partial charge in [-0.2, -0.15) is 5.10 Å². The van der Waals surface area contributed by atoms with E-state index in [1.165, 1.54) is 11.0 Å². The number of nitrogens with zero attached hydrogens (tertiary/aromatic N) is 3. The van der Waals surface area contributed by atoms with Crippen LogP contribution in [0, 0.1) is 11.2 Å². The van der Waals surface area contributed by atoms with Crippen molar-refractivity contribution in [3.63, 3.8) is 0 Å². The van der Waals surface area contributed by atoms with Crippen molar-refractivity contribution >= 4 is 32.9 Å². The molecule has 1 atom stereocenters. The second-order valence-corrected chi connectivity index (χ2v) is 11.6. The van der Waals surface area contributed by atoms with Crippen molar-refractivity contribution in [2.75, 3.05) is 13.6 Å². The summed E-state index contributed by atoms with van der Waals surface area (Å²) in [6.07, 6.45) is 0.256. The first-order chi connectivity index (χ1) is 18.0. The Morgan fingerprint density at radius 3 is 2.55 bits per heavy atom. The number of aromatic nitrogens is 2. The number of amides is 1. The molecule has 0 aliphatic heterocycles. The SMILES string of the molecule is CN(CCCC(Oc1ccccc1-c1ccc(-c2nn(C)c3cc(Br)ccc23)c(F)c1)C(C)(C)C)C(=O)O. The first-order valence-corrected chi connectivity index (χ1v) is 13.4. The highest BCUT2D eigenvalue weighted by atomic mass is 79.9. The molecule has 0 radical (unpaired) electrons. The Hall–Kier alpha value is -3.39. The maximum atomic E-state index is 15.6. The minimum atomic E-state index is -0.944. The highest BCUT2D eigenvalue weighted by Crippen LogP contribution is 2.37. The number of fused-ring (bicyclic) bond motifs is 1. The number of para-hydroxylation sites is 1. The van der Waals surface area contributed by atoms with E-state index in [1.807, 2.05) is 55.6 Å². The summed E-state index contributed by atoms with van der Waals surface area (Å²) in [7, 11) is 3.42. The molecule has 0 aliphatic rings. The van der Waals surface area contributed by atoms with Gasteiger partial charge in [0.1, 0.15) is 23.4 Å². The lowest BCUT2D eigenvalue weighted by Crippen LogP contribution is -2.34. The second kappa shape index (κ2) is 11.2. The van der Waals surface area contributed by atoms with Crippen LogP contribution < -0.4 is 4.74 Å². The molecule has 0 fully saturated rings. The molecule has 4 rings (SSSR count). The van der Waals surface area contributed by atoms with Gasteiger partial charge in [0.05, 0.1) is 5.52 Å². The number of halogens is 2. The standard InChI is InChI=1S/C30H33BrFN3O3/c1-30(2,3)27(11-8-16-34(4)29(36)37)38-26-10-7-6-9-21(26)19-12-14-22(24(32)17-19)28-23-15-13-20(31)18-25(23)35(5)33-28/h6-7,9-10,12-15,17-18,27H,8,11,16H2,1-5H3,(H,36,37). The molecule has 6 nitrogen and oxygen atoms in total. The summed E-state index contributed by atoms with van der Waals surface area (Å²) in [6, 6.07) is 18.7. The van der Waals surface area contributed by atoms with E-state index < -0.39 is 6.09 Å². The lowest BCUT2D eigenvalue weighted by Gasteiger charge is -2.32. The number of benzene rings is 3. The molecule has 3 aromatic carbocycles. The van der Waals surface area contributed by atoms with Crippen LogP contribution in [0.2, 0.25) is 0 Å². The number of aryl methyl sites for hydroxylation is 1. The van der Waals surface area contributed by atoms with Gasteiger partial charge in [0, 0.05) is 41.6 Å². The van der Waals surface area contributed by atoms with Crippen molar-refractivity contribution < 1.29 is 19.0 Å². The summed E-state index contributed by atoms with van der Waals surface area (Å²) >= 11 is 3.49. The van der Waals surface area contributed by atoms with Crippen molar-refractivity contribution in [1.29, 1.82) is 0 Å². The van der Waals surface area contributed by atoms with Crippen LogP contribution in [-0.4, -0.2) is 45.6 Å². The van der Waals surface area contributed by atoms with E-state index in [1.54, 1.807) is 17.8 Å². The zero-order chi connectivity index (χ0) is 27.6. The fraction of sp³-hybridized carbons (Fsp3) is 0.333. The van der Waals surface area contributed by atoms with Crippen molar-refractivity contribution in [1.82, 2.24) is 14.7 Å². The van der Waals surface area contributed by atoms with Crippen LogP contribution in [0.5, 0.6) is 5.75 Å². The van der Waals surface area contributed by atoms with Crippen molar-refractivity contribution in [3.8, 4) is 28.1 Å². The molecule has 0 spiro atoms. The van der Waals surface area contributed by atoms with Gasteiger partial charge in [0.15, 0.2) is 0 Å². The second-order valence-electron chi connectivity index (χ2n) is 10.6. The molecule has 1 N–H and O–H groups in total. The molecular weight excluding hydrogens is 549 g/mol. The first kappa shape index (κ1) is 27.6. The third kappa shape index (κ3) is 6.01. The molecule has 1 unspecified atom stereocenters. The van der Waals surface area contributed by atoms with Gasteiger partial charge in [-0.05, 0) is 60.2 Å². The fourth-order valence-electron chi connectivity index (χ4n) is 4.54. The van der Waals surface area contributed by atoms with E-state index >= 15 is 4.39 Å². The van der Waals surface area contributed by atoms with Gasteiger partial charge in [-0.1, -0.05) is 61.0 Å². The Kier molecular flexibility index (Phi) is 8.11. The summed E-state index contributed by atoms with van der Waals surface area (Å²) in [5, 5.41) is 14.6. The third-order valence-electron chi connectivity index (χ3n) is 6.76. The number of rotatable bonds is 8. The monoisotopic (exact) mass is 581 g/mol. The zero-order valence-electron chi connectivity index (χ0n) is 22.3. The fourth-order valence-corrected chi connectivity index (χ4v) is 4.89. The van der Waals surface area contributed by atoms with Crippen LogP contribution >= 0.6 is 15.9 Å². The van der Waals surface area contributed by atoms with Gasteiger partial charge in [0.2, 0.25) is 0 Å². The lowest BCUT2D eigenvalue weighted by atomic mass is 9.86. The van der Waals surface area contributed by atoms with Gasteiger partial charge in [0.25, 0.3) is 0 Å². The van der Waals surface area contributed by atoms with Crippen molar-refractivity contribution in [3.05, 3.63) is 71.0 Å². The van der Waals surface area contributed by atoms with Gasteiger partial charge < -0.3 is 14.7 Å². The van der Waals surface area contributed by atoms with Crippen molar-refractivity contribution in [2.45, 2.75) is 39.7 Å². The Morgan fingerprint density at radius 1 is 1.13 bits per heavy atom. The van der Waals surface area contributed by atoms with Gasteiger partial charge in [-0.15, -0.1) is 0 Å². The average molecular weight is 583 g/mol. The van der Waals surface area contributed by atoms with Crippen LogP contribution in [-0.2, 0) is 7.05 Å². The van der Waals surface area contributed by atoms with Crippen LogP contribution in [0.1, 0.15) is 33.6 Å². The minimum Gasteiger partial charge on any atom is -0.489 e. The van der Waals surface area contributed by atoms with E-state index in [9.17, 15) is 4.79 Å². The molecule has 8 heteroatoms. The first-order valence-electron chi connectivity index (χ1n) is 12.6. The summed E-state index contributed by atoms with van der Waals surface area (Å²) in [6.45, 7) is 6.74. The molecule has 1 amide bonds. The lowest BCUT2D eigenvalue weighted by molar-refractivity contribution is 0.0746. The summed E-state index contributed by atoms with van der Waals surface area (Å²) < 4.78 is 24.8. The number of hydrogen-bond donors (Lipinski definition) is 1. The predicted octanol–water partition coefficient (Wildman–Crippen LogP) is 7.99. The molecule has 0 aliphatic carbocycles. The van der Waals surface area contributed by atoms with Crippen molar-refractivity contribution in [2.24, 2.45) is 12.5 Å². The molecular formula is C30H33BrFN3O3. The highest BCUT2D eigenvalue weighted by molar-refractivity contribution is 9.10. The minimum absolute atomic E-state index is 0.158. The summed E-state index contributed by atoms with van der Waals surface area (Å²) in [5.41, 5.74) is 3.28. The molecule has 1 heterocycles. The Morgan fingerprint density at radius 2 is 1.87 bits per heavy atom. The van der Waals surface area contributed by atoms with E-state index in [2.05, 4.69) is 41.8 Å². The highest BCUT2D eigenvalue weighted by Gasteiger charge is 2.27. The topological polar surface area (TPSA) is 67.6 Å². The Labute approximate surface area is 231 Å². The Balaban J connectivity index is 1.63. The average Bonchev–Trinajstić information content (AvgIpc) is 3.18. The van der Waals surface area contributed by atoms with Crippen LogP contribution in [0.15, 0.2) is 65.1 Å². The van der Waals surface area contributed by atoms with Gasteiger partial charge >= 0.3 is 6.09 Å². The number of ether oxygens (including phenoxy) is 1. The summed E-state index contributed by atoms with van der Waals surface area (Å²) in [5.74, 6) is 0.309. The number of carbonyl (C=O) groups is 1. The quantitative estimate of drug-likeness (QED) is 0.229. The maximum absolute atomic E-state index is 15.6. The zero-order valence-corrected chi connectivity index (χ0v) is 23.9. The molecule has 38 heavy (non-hydrogen) atoms. The van der Waals surface area contributed by atoms with Crippen LogP contribution in [0.25, 0.3) is 33.3 Å². The molecule has 0 saturated carbocycles. The smallest absolute Gasteiger partial charge is 0.407 e. The van der Waals surface area contributed by atoms with Crippen LogP contribution in [0.4, 0.5) is 9.18 Å². The van der Waals surface area contributed by atoms with Gasteiger partial charge in [-0.25, -0.2) is 9.18 Å². The predicted molar refractivity (Wildman–Crippen MR) is 153 cm³/mol. The summed E-state index contributed by atoms with van der Waals surface area (Å²) in [4.78, 5) is 12.4. The molecule has 1 aromatic heterocycles. The molecule has 0 bridgehead atoms. The number of carboxylic acid groups (broad SMARTS) is 1. The van der Waals surface area contributed by atoms with E-state index in [4.69, 9.17) is 9.84 Å².